The molecule has 2 N–H and O–H groups in total. The molecule has 0 bridgehead atoms. The van der Waals surface area contributed by atoms with Gasteiger partial charge in [-0.05, 0) is 30.2 Å². The molecular formula is C19H17NO4S. The first-order valence-electron chi connectivity index (χ1n) is 8.12. The van der Waals surface area contributed by atoms with Crippen LogP contribution in [0.2, 0.25) is 0 Å². The zero-order valence-corrected chi connectivity index (χ0v) is 14.4. The topological polar surface area (TPSA) is 75.6 Å². The highest BCUT2D eigenvalue weighted by molar-refractivity contribution is 8.00. The van der Waals surface area contributed by atoms with E-state index in [1.807, 2.05) is 24.3 Å². The summed E-state index contributed by atoms with van der Waals surface area (Å²) in [5.41, 5.74) is 0.510. The Kier molecular flexibility index (Phi) is 3.81. The number of nitrogens with one attached hydrogen (secondary N) is 1. The number of esters is 1. The summed E-state index contributed by atoms with van der Waals surface area (Å²) in [5, 5.41) is 13.2. The minimum absolute atomic E-state index is 0.215. The summed E-state index contributed by atoms with van der Waals surface area (Å²) < 4.78 is 5.24. The van der Waals surface area contributed by atoms with E-state index in [0.29, 0.717) is 16.8 Å². The van der Waals surface area contributed by atoms with Gasteiger partial charge in [0.15, 0.2) is 0 Å². The van der Waals surface area contributed by atoms with E-state index in [0.717, 1.165) is 4.90 Å². The first-order chi connectivity index (χ1) is 12.1. The molecule has 0 radical (unpaired) electrons. The molecule has 1 spiro atoms. The van der Waals surface area contributed by atoms with Gasteiger partial charge in [-0.1, -0.05) is 36.4 Å². The number of para-hydroxylation sites is 1. The predicted octanol–water partition coefficient (Wildman–Crippen LogP) is 2.65. The number of amides is 1. The summed E-state index contributed by atoms with van der Waals surface area (Å²) in [7, 11) is 0. The number of aliphatic hydroxyl groups is 1. The molecule has 0 unspecified atom stereocenters. The van der Waals surface area contributed by atoms with Gasteiger partial charge in [-0.2, -0.15) is 0 Å². The summed E-state index contributed by atoms with van der Waals surface area (Å²) in [5.74, 6) is -0.867. The number of carbonyl (C=O) groups excluding carboxylic acids is 2. The molecule has 2 aliphatic heterocycles. The number of ether oxygens (including phenoxy) is 1. The van der Waals surface area contributed by atoms with E-state index in [-0.39, 0.29) is 12.5 Å². The molecule has 4 rings (SSSR count). The van der Waals surface area contributed by atoms with Crippen LogP contribution in [0.3, 0.4) is 0 Å². The predicted molar refractivity (Wildman–Crippen MR) is 94.4 cm³/mol. The van der Waals surface area contributed by atoms with Crippen molar-refractivity contribution in [1.82, 2.24) is 0 Å². The Morgan fingerprint density at radius 1 is 1.24 bits per heavy atom. The van der Waals surface area contributed by atoms with Crippen molar-refractivity contribution >= 4 is 29.3 Å². The molecule has 6 heteroatoms. The van der Waals surface area contributed by atoms with Crippen molar-refractivity contribution in [1.29, 1.82) is 0 Å². The Balaban J connectivity index is 1.97. The highest BCUT2D eigenvalue weighted by atomic mass is 32.2. The maximum absolute atomic E-state index is 13.1. The quantitative estimate of drug-likeness (QED) is 0.810. The third-order valence-corrected chi connectivity index (χ3v) is 6.23. The zero-order chi connectivity index (χ0) is 17.6. The summed E-state index contributed by atoms with van der Waals surface area (Å²) >= 11 is 1.28. The maximum Gasteiger partial charge on any atom is 0.321 e. The number of fused-ring (bicyclic) bond motifs is 3. The second kappa shape index (κ2) is 5.89. The van der Waals surface area contributed by atoms with Crippen molar-refractivity contribution in [2.24, 2.45) is 0 Å². The summed E-state index contributed by atoms with van der Waals surface area (Å²) in [6.45, 7) is 1.94. The van der Waals surface area contributed by atoms with Crippen molar-refractivity contribution < 1.29 is 19.4 Å². The molecule has 0 saturated heterocycles. The third kappa shape index (κ3) is 2.14. The van der Waals surface area contributed by atoms with Crippen LogP contribution in [0.5, 0.6) is 0 Å². The van der Waals surface area contributed by atoms with Crippen molar-refractivity contribution in [3.05, 3.63) is 59.7 Å². The number of anilines is 1. The van der Waals surface area contributed by atoms with Crippen LogP contribution >= 0.6 is 11.8 Å². The second-order valence-corrected chi connectivity index (χ2v) is 7.21. The lowest BCUT2D eigenvalue weighted by atomic mass is 9.71. The number of benzene rings is 2. The second-order valence-electron chi connectivity index (χ2n) is 6.06. The van der Waals surface area contributed by atoms with E-state index in [1.54, 1.807) is 31.2 Å². The van der Waals surface area contributed by atoms with Gasteiger partial charge < -0.3 is 15.2 Å². The van der Waals surface area contributed by atoms with Crippen LogP contribution < -0.4 is 5.32 Å². The van der Waals surface area contributed by atoms with Crippen molar-refractivity contribution in [3.8, 4) is 0 Å². The Labute approximate surface area is 149 Å². The average Bonchev–Trinajstić information content (AvgIpc) is 2.91. The van der Waals surface area contributed by atoms with Crippen LogP contribution in [0.25, 0.3) is 0 Å². The first kappa shape index (κ1) is 16.2. The van der Waals surface area contributed by atoms with E-state index in [9.17, 15) is 14.7 Å². The van der Waals surface area contributed by atoms with Crippen LogP contribution in [0, 0.1) is 0 Å². The van der Waals surface area contributed by atoms with Gasteiger partial charge in [0.05, 0.1) is 6.61 Å². The SMILES string of the molecule is CCOC(=O)[C@@H]1Sc2ccccc2[C@H](O)[C@@]12C(=O)Nc1ccccc12. The fraction of sp³-hybridized carbons (Fsp3) is 0.263. The summed E-state index contributed by atoms with van der Waals surface area (Å²) in [4.78, 5) is 26.6. The van der Waals surface area contributed by atoms with Gasteiger partial charge in [-0.3, -0.25) is 9.59 Å². The van der Waals surface area contributed by atoms with E-state index >= 15 is 0 Å². The molecule has 0 aromatic heterocycles. The normalized spacial score (nSPS) is 26.7. The van der Waals surface area contributed by atoms with Crippen LogP contribution in [0.15, 0.2) is 53.4 Å². The van der Waals surface area contributed by atoms with E-state index in [2.05, 4.69) is 5.32 Å². The number of rotatable bonds is 2. The van der Waals surface area contributed by atoms with Gasteiger partial charge in [0.25, 0.3) is 0 Å². The lowest BCUT2D eigenvalue weighted by Gasteiger charge is -2.42. The molecule has 0 fully saturated rings. The molecule has 1 amide bonds. The number of thioether (sulfide) groups is 1. The minimum Gasteiger partial charge on any atom is -0.465 e. The fourth-order valence-electron chi connectivity index (χ4n) is 3.71. The van der Waals surface area contributed by atoms with Crippen molar-refractivity contribution in [2.45, 2.75) is 28.6 Å². The molecule has 2 aromatic carbocycles. The van der Waals surface area contributed by atoms with Crippen LogP contribution in [-0.4, -0.2) is 28.8 Å². The van der Waals surface area contributed by atoms with Crippen LogP contribution in [0.4, 0.5) is 5.69 Å². The van der Waals surface area contributed by atoms with Gasteiger partial charge in [-0.25, -0.2) is 0 Å². The molecule has 25 heavy (non-hydrogen) atoms. The molecule has 2 aliphatic rings. The first-order valence-corrected chi connectivity index (χ1v) is 9.00. The van der Waals surface area contributed by atoms with E-state index in [1.165, 1.54) is 11.8 Å². The van der Waals surface area contributed by atoms with Crippen molar-refractivity contribution in [2.75, 3.05) is 11.9 Å². The Morgan fingerprint density at radius 2 is 1.96 bits per heavy atom. The maximum atomic E-state index is 13.1. The number of aliphatic hydroxyl groups excluding tert-OH is 1. The average molecular weight is 355 g/mol. The van der Waals surface area contributed by atoms with Crippen LogP contribution in [0.1, 0.15) is 24.2 Å². The molecule has 3 atom stereocenters. The standard InChI is InChI=1S/C19H17NO4S/c1-2-24-17(22)16-19(12-8-4-5-9-13(12)20-18(19)23)15(21)11-7-3-6-10-14(11)25-16/h3-10,15-16,21H,2H2,1H3,(H,20,23)/t15-,16-,19+/m0/s1. The molecule has 2 heterocycles. The molecule has 0 aliphatic carbocycles. The smallest absolute Gasteiger partial charge is 0.321 e. The molecular weight excluding hydrogens is 338 g/mol. The monoisotopic (exact) mass is 355 g/mol. The summed E-state index contributed by atoms with van der Waals surface area (Å²) in [6, 6.07) is 14.5. The molecule has 128 valence electrons. The lowest BCUT2D eigenvalue weighted by Crippen LogP contribution is -2.54. The van der Waals surface area contributed by atoms with Gasteiger partial charge in [0, 0.05) is 10.6 Å². The highest BCUT2D eigenvalue weighted by Crippen LogP contribution is 2.57. The minimum atomic E-state index is -1.40. The van der Waals surface area contributed by atoms with Gasteiger partial charge in [0.2, 0.25) is 5.91 Å². The Hall–Kier alpha value is -2.31. The fourth-order valence-corrected chi connectivity index (χ4v) is 5.15. The molecule has 2 aromatic rings. The third-order valence-electron chi connectivity index (χ3n) is 4.80. The highest BCUT2D eigenvalue weighted by Gasteiger charge is 2.63. The number of hydrogen-bond donors (Lipinski definition) is 2. The van der Waals surface area contributed by atoms with Gasteiger partial charge in [-0.15, -0.1) is 11.8 Å². The summed E-state index contributed by atoms with van der Waals surface area (Å²) in [6.07, 6.45) is -1.14. The van der Waals surface area contributed by atoms with E-state index in [4.69, 9.17) is 4.74 Å². The van der Waals surface area contributed by atoms with Crippen LogP contribution in [-0.2, 0) is 19.7 Å². The van der Waals surface area contributed by atoms with Gasteiger partial charge in [0.1, 0.15) is 16.8 Å². The Morgan fingerprint density at radius 3 is 2.76 bits per heavy atom. The van der Waals surface area contributed by atoms with E-state index < -0.39 is 22.7 Å². The number of carbonyl (C=O) groups is 2. The van der Waals surface area contributed by atoms with Crippen molar-refractivity contribution in [3.63, 3.8) is 0 Å². The lowest BCUT2D eigenvalue weighted by molar-refractivity contribution is -0.148. The molecule has 0 saturated carbocycles. The van der Waals surface area contributed by atoms with Gasteiger partial charge >= 0.3 is 5.97 Å². The Bertz CT molecular complexity index is 868. The largest absolute Gasteiger partial charge is 0.465 e. The zero-order valence-electron chi connectivity index (χ0n) is 13.6. The number of hydrogen-bond acceptors (Lipinski definition) is 5. The molecule has 5 nitrogen and oxygen atoms in total.